The lowest BCUT2D eigenvalue weighted by Gasteiger charge is -2.29. The lowest BCUT2D eigenvalue weighted by Crippen LogP contribution is -2.40. The average molecular weight is 268 g/mol. The summed E-state index contributed by atoms with van der Waals surface area (Å²) in [6.45, 7) is 4.06. The van der Waals surface area contributed by atoms with Crippen molar-refractivity contribution in [1.82, 2.24) is 4.90 Å². The maximum absolute atomic E-state index is 5.94. The summed E-state index contributed by atoms with van der Waals surface area (Å²) in [6, 6.07) is 8.68. The van der Waals surface area contributed by atoms with Crippen molar-refractivity contribution in [3.8, 4) is 0 Å². The van der Waals surface area contributed by atoms with Crippen LogP contribution in [0.3, 0.4) is 0 Å². The molecular formula is C14H22ClN3. The van der Waals surface area contributed by atoms with Crippen LogP contribution in [-0.2, 0) is 0 Å². The first kappa shape index (κ1) is 13.7. The van der Waals surface area contributed by atoms with Crippen LogP contribution in [0, 0.1) is 0 Å². The molecule has 0 spiro atoms. The van der Waals surface area contributed by atoms with Gasteiger partial charge in [-0.15, -0.1) is 0 Å². The molecule has 1 fully saturated rings. The van der Waals surface area contributed by atoms with Gasteiger partial charge in [-0.1, -0.05) is 11.6 Å². The SMILES string of the molecule is CN1CCCN(c2ccc(Cl)cc2)CC1CCN. The first-order chi connectivity index (χ1) is 8.70. The molecule has 1 atom stereocenters. The molecule has 2 N–H and O–H groups in total. The van der Waals surface area contributed by atoms with Crippen molar-refractivity contribution >= 4 is 17.3 Å². The molecule has 0 amide bonds. The van der Waals surface area contributed by atoms with Crippen LogP contribution >= 0.6 is 11.6 Å². The molecule has 2 rings (SSSR count). The monoisotopic (exact) mass is 267 g/mol. The first-order valence-corrected chi connectivity index (χ1v) is 6.99. The third-order valence-electron chi connectivity index (χ3n) is 3.68. The summed E-state index contributed by atoms with van der Waals surface area (Å²) in [6.07, 6.45) is 2.25. The Morgan fingerprint density at radius 1 is 1.28 bits per heavy atom. The molecule has 1 saturated heterocycles. The lowest BCUT2D eigenvalue weighted by atomic mass is 10.1. The molecule has 1 aliphatic rings. The van der Waals surface area contributed by atoms with E-state index in [-0.39, 0.29) is 0 Å². The highest BCUT2D eigenvalue weighted by Gasteiger charge is 2.21. The summed E-state index contributed by atoms with van der Waals surface area (Å²) >= 11 is 5.94. The zero-order chi connectivity index (χ0) is 13.0. The minimum Gasteiger partial charge on any atom is -0.370 e. The minimum absolute atomic E-state index is 0.549. The number of benzene rings is 1. The molecule has 1 aromatic carbocycles. The molecular weight excluding hydrogens is 246 g/mol. The number of hydrogen-bond acceptors (Lipinski definition) is 3. The molecule has 3 nitrogen and oxygen atoms in total. The van der Waals surface area contributed by atoms with E-state index in [0.717, 1.165) is 37.6 Å². The minimum atomic E-state index is 0.549. The largest absolute Gasteiger partial charge is 0.370 e. The van der Waals surface area contributed by atoms with Crippen molar-refractivity contribution in [2.24, 2.45) is 5.73 Å². The summed E-state index contributed by atoms with van der Waals surface area (Å²) in [5, 5.41) is 0.796. The fourth-order valence-electron chi connectivity index (χ4n) is 2.57. The molecule has 4 heteroatoms. The predicted molar refractivity (Wildman–Crippen MR) is 78.4 cm³/mol. The molecule has 1 aliphatic heterocycles. The molecule has 1 aromatic rings. The number of anilines is 1. The van der Waals surface area contributed by atoms with Gasteiger partial charge in [-0.3, -0.25) is 0 Å². The second-order valence-corrected chi connectivity index (χ2v) is 5.42. The summed E-state index contributed by atoms with van der Waals surface area (Å²) in [7, 11) is 2.20. The molecule has 0 aliphatic carbocycles. The Hall–Kier alpha value is -0.770. The maximum atomic E-state index is 5.94. The van der Waals surface area contributed by atoms with E-state index in [1.807, 2.05) is 12.1 Å². The van der Waals surface area contributed by atoms with Crippen LogP contribution in [0.25, 0.3) is 0 Å². The van der Waals surface area contributed by atoms with E-state index in [9.17, 15) is 0 Å². The van der Waals surface area contributed by atoms with Crippen LogP contribution in [0.2, 0.25) is 5.02 Å². The van der Waals surface area contributed by atoms with Gasteiger partial charge in [0.25, 0.3) is 0 Å². The molecule has 1 unspecified atom stereocenters. The predicted octanol–water partition coefficient (Wildman–Crippen LogP) is 2.20. The fourth-order valence-corrected chi connectivity index (χ4v) is 2.70. The highest BCUT2D eigenvalue weighted by molar-refractivity contribution is 6.30. The van der Waals surface area contributed by atoms with Gasteiger partial charge < -0.3 is 15.5 Å². The van der Waals surface area contributed by atoms with Crippen molar-refractivity contribution in [2.45, 2.75) is 18.9 Å². The molecule has 0 radical (unpaired) electrons. The number of likely N-dealkylation sites (N-methyl/N-ethyl adjacent to an activating group) is 1. The summed E-state index contributed by atoms with van der Waals surface area (Å²) in [5.74, 6) is 0. The average Bonchev–Trinajstić information content (AvgIpc) is 2.54. The van der Waals surface area contributed by atoms with E-state index in [1.165, 1.54) is 12.1 Å². The normalized spacial score (nSPS) is 21.9. The third-order valence-corrected chi connectivity index (χ3v) is 3.94. The molecule has 1 heterocycles. The van der Waals surface area contributed by atoms with Gasteiger partial charge in [0.2, 0.25) is 0 Å². The zero-order valence-corrected chi connectivity index (χ0v) is 11.7. The standard InChI is InChI=1S/C14H22ClN3/c1-17-9-2-10-18(11-14(17)7-8-16)13-5-3-12(15)4-6-13/h3-6,14H,2,7-11,16H2,1H3. The Morgan fingerprint density at radius 2 is 2.00 bits per heavy atom. The summed E-state index contributed by atoms with van der Waals surface area (Å²) in [4.78, 5) is 4.88. The Balaban J connectivity index is 2.10. The van der Waals surface area contributed by atoms with Gasteiger partial charge in [0.15, 0.2) is 0 Å². The van der Waals surface area contributed by atoms with E-state index >= 15 is 0 Å². The van der Waals surface area contributed by atoms with Crippen LogP contribution < -0.4 is 10.6 Å². The quantitative estimate of drug-likeness (QED) is 0.911. The number of halogens is 1. The van der Waals surface area contributed by atoms with Gasteiger partial charge in [-0.25, -0.2) is 0 Å². The van der Waals surface area contributed by atoms with E-state index in [1.54, 1.807) is 0 Å². The molecule has 0 aromatic heterocycles. The Morgan fingerprint density at radius 3 is 2.67 bits per heavy atom. The number of rotatable bonds is 3. The molecule has 0 bridgehead atoms. The van der Waals surface area contributed by atoms with Crippen LogP contribution in [0.5, 0.6) is 0 Å². The van der Waals surface area contributed by atoms with Crippen molar-refractivity contribution in [2.75, 3.05) is 38.1 Å². The Bertz CT molecular complexity index is 366. The van der Waals surface area contributed by atoms with E-state index in [4.69, 9.17) is 17.3 Å². The zero-order valence-electron chi connectivity index (χ0n) is 11.0. The van der Waals surface area contributed by atoms with Crippen LogP contribution in [0.15, 0.2) is 24.3 Å². The Kier molecular flexibility index (Phi) is 4.87. The topological polar surface area (TPSA) is 32.5 Å². The Labute approximate surface area is 115 Å². The number of hydrogen-bond donors (Lipinski definition) is 1. The van der Waals surface area contributed by atoms with Crippen LogP contribution in [0.4, 0.5) is 5.69 Å². The van der Waals surface area contributed by atoms with Gasteiger partial charge in [0.1, 0.15) is 0 Å². The third kappa shape index (κ3) is 3.37. The van der Waals surface area contributed by atoms with Gasteiger partial charge in [0.05, 0.1) is 0 Å². The summed E-state index contributed by atoms with van der Waals surface area (Å²) in [5.41, 5.74) is 6.97. The fraction of sp³-hybridized carbons (Fsp3) is 0.571. The molecule has 0 saturated carbocycles. The number of nitrogens with two attached hydrogens (primary N) is 1. The second-order valence-electron chi connectivity index (χ2n) is 4.99. The van der Waals surface area contributed by atoms with Crippen molar-refractivity contribution in [3.63, 3.8) is 0 Å². The maximum Gasteiger partial charge on any atom is 0.0407 e. The van der Waals surface area contributed by atoms with Crippen molar-refractivity contribution in [3.05, 3.63) is 29.3 Å². The van der Waals surface area contributed by atoms with Gasteiger partial charge >= 0.3 is 0 Å². The van der Waals surface area contributed by atoms with E-state index in [2.05, 4.69) is 29.0 Å². The smallest absolute Gasteiger partial charge is 0.0407 e. The van der Waals surface area contributed by atoms with Crippen LogP contribution in [0.1, 0.15) is 12.8 Å². The van der Waals surface area contributed by atoms with Crippen molar-refractivity contribution in [1.29, 1.82) is 0 Å². The van der Waals surface area contributed by atoms with Crippen molar-refractivity contribution < 1.29 is 0 Å². The first-order valence-electron chi connectivity index (χ1n) is 6.61. The van der Waals surface area contributed by atoms with E-state index in [0.29, 0.717) is 6.04 Å². The second kappa shape index (κ2) is 6.41. The molecule has 18 heavy (non-hydrogen) atoms. The van der Waals surface area contributed by atoms with Gasteiger partial charge in [-0.2, -0.15) is 0 Å². The highest BCUT2D eigenvalue weighted by Crippen LogP contribution is 2.21. The van der Waals surface area contributed by atoms with Gasteiger partial charge in [-0.05, 0) is 57.2 Å². The lowest BCUT2D eigenvalue weighted by molar-refractivity contribution is 0.251. The van der Waals surface area contributed by atoms with Gasteiger partial charge in [0, 0.05) is 29.8 Å². The number of nitrogens with zero attached hydrogens (tertiary/aromatic N) is 2. The highest BCUT2D eigenvalue weighted by atomic mass is 35.5. The van der Waals surface area contributed by atoms with E-state index < -0.39 is 0 Å². The summed E-state index contributed by atoms with van der Waals surface area (Å²) < 4.78 is 0. The molecule has 100 valence electrons. The van der Waals surface area contributed by atoms with Crippen LogP contribution in [-0.4, -0.2) is 44.2 Å².